The molecule has 194 valence electrons. The van der Waals surface area contributed by atoms with Crippen LogP contribution in [0, 0.1) is 18.8 Å². The van der Waals surface area contributed by atoms with E-state index in [9.17, 15) is 19.2 Å². The summed E-state index contributed by atoms with van der Waals surface area (Å²) in [4.78, 5) is 58.0. The Bertz CT molecular complexity index is 1540. The number of methoxy groups -OCH3 is 1. The summed E-state index contributed by atoms with van der Waals surface area (Å²) in [5.41, 5.74) is 2.84. The van der Waals surface area contributed by atoms with Crippen LogP contribution < -0.4 is 9.64 Å². The number of allylic oxidation sites excluding steroid dienone is 2. The average molecular weight is 519 g/mol. The van der Waals surface area contributed by atoms with E-state index < -0.39 is 29.8 Å². The summed E-state index contributed by atoms with van der Waals surface area (Å²) in [7, 11) is 1.55. The molecule has 3 heterocycles. The minimum absolute atomic E-state index is 0.180. The Morgan fingerprint density at radius 1 is 0.795 bits per heavy atom. The lowest BCUT2D eigenvalue weighted by atomic mass is 9.85. The largest absolute Gasteiger partial charge is 0.497 e. The number of benzene rings is 3. The molecule has 0 N–H and O–H groups in total. The molecule has 2 saturated heterocycles. The van der Waals surface area contributed by atoms with Gasteiger partial charge < -0.3 is 9.64 Å². The predicted octanol–water partition coefficient (Wildman–Crippen LogP) is 4.38. The SMILES string of the molecule is COc1ccc(C(=O)[C@@H]2[C@@H]3C(=O)N(c4ccc(C)cc4)C(=O)[C@H]3[C@H]3C=C(C(=O)c4ccccc4)C=CN32)cc1. The van der Waals surface area contributed by atoms with Gasteiger partial charge in [0, 0.05) is 22.9 Å². The predicted molar refractivity (Wildman–Crippen MR) is 145 cm³/mol. The number of hydrogen-bond acceptors (Lipinski definition) is 6. The van der Waals surface area contributed by atoms with Crippen LogP contribution in [0.15, 0.2) is 103 Å². The topological polar surface area (TPSA) is 84.0 Å². The smallest absolute Gasteiger partial charge is 0.240 e. The highest BCUT2D eigenvalue weighted by molar-refractivity contribution is 6.25. The first-order valence-corrected chi connectivity index (χ1v) is 12.8. The van der Waals surface area contributed by atoms with Crippen molar-refractivity contribution in [3.8, 4) is 5.75 Å². The summed E-state index contributed by atoms with van der Waals surface area (Å²) in [5.74, 6) is -2.32. The third kappa shape index (κ3) is 3.98. The second kappa shape index (κ2) is 9.51. The molecule has 3 aliphatic heterocycles. The number of anilines is 1. The minimum atomic E-state index is -0.902. The first-order valence-electron chi connectivity index (χ1n) is 12.8. The molecule has 0 saturated carbocycles. The number of nitrogens with zero attached hydrogens (tertiary/aromatic N) is 2. The standard InChI is InChI=1S/C32H26N2O5/c1-19-8-12-23(13-9-19)34-31(37)26-25-18-22(29(35)20-6-4-3-5-7-20)16-17-33(25)28(27(26)32(34)38)30(36)21-10-14-24(39-2)15-11-21/h3-18,25-28H,1-2H3/t25-,26+,27-,28+/m1/s1. The van der Waals surface area contributed by atoms with Crippen molar-refractivity contribution in [2.75, 3.05) is 12.0 Å². The van der Waals surface area contributed by atoms with Gasteiger partial charge in [0.25, 0.3) is 0 Å². The van der Waals surface area contributed by atoms with Crippen molar-refractivity contribution < 1.29 is 23.9 Å². The molecule has 6 rings (SSSR count). The van der Waals surface area contributed by atoms with E-state index in [1.807, 2.05) is 25.1 Å². The van der Waals surface area contributed by atoms with Crippen LogP contribution in [-0.4, -0.2) is 47.5 Å². The quantitative estimate of drug-likeness (QED) is 0.356. The van der Waals surface area contributed by atoms with E-state index in [1.165, 1.54) is 4.90 Å². The molecule has 0 spiro atoms. The zero-order valence-corrected chi connectivity index (χ0v) is 21.5. The molecule has 0 aliphatic carbocycles. The van der Waals surface area contributed by atoms with E-state index in [2.05, 4.69) is 0 Å². The van der Waals surface area contributed by atoms with Crippen LogP contribution in [0.2, 0.25) is 0 Å². The molecule has 4 atom stereocenters. The van der Waals surface area contributed by atoms with Gasteiger partial charge in [0.15, 0.2) is 11.6 Å². The summed E-state index contributed by atoms with van der Waals surface area (Å²) in [6.07, 6.45) is 5.08. The molecule has 39 heavy (non-hydrogen) atoms. The molecule has 2 fully saturated rings. The third-order valence-electron chi connectivity index (χ3n) is 7.78. The van der Waals surface area contributed by atoms with Crippen LogP contribution >= 0.6 is 0 Å². The number of Topliss-reactive ketones (excluding diaryl/α,β-unsaturated/α-hetero) is 2. The van der Waals surface area contributed by atoms with Gasteiger partial charge in [0.1, 0.15) is 11.8 Å². The number of fused-ring (bicyclic) bond motifs is 3. The maximum atomic E-state index is 13.9. The van der Waals surface area contributed by atoms with Gasteiger partial charge in [-0.3, -0.25) is 19.2 Å². The van der Waals surface area contributed by atoms with Crippen LogP contribution in [0.3, 0.4) is 0 Å². The molecule has 7 heteroatoms. The summed E-state index contributed by atoms with van der Waals surface area (Å²) < 4.78 is 5.22. The molecule has 3 aromatic carbocycles. The summed E-state index contributed by atoms with van der Waals surface area (Å²) in [6.45, 7) is 1.93. The Hall–Kier alpha value is -4.78. The van der Waals surface area contributed by atoms with Gasteiger partial charge in [-0.15, -0.1) is 0 Å². The first kappa shape index (κ1) is 24.6. The van der Waals surface area contributed by atoms with Gasteiger partial charge in [-0.2, -0.15) is 0 Å². The fourth-order valence-electron chi connectivity index (χ4n) is 5.83. The number of carbonyl (C=O) groups is 4. The molecule has 0 radical (unpaired) electrons. The third-order valence-corrected chi connectivity index (χ3v) is 7.78. The van der Waals surface area contributed by atoms with E-state index >= 15 is 0 Å². The Kier molecular flexibility index (Phi) is 5.99. The maximum Gasteiger partial charge on any atom is 0.240 e. The lowest BCUT2D eigenvalue weighted by molar-refractivity contribution is -0.123. The van der Waals surface area contributed by atoms with Gasteiger partial charge in [-0.1, -0.05) is 54.1 Å². The van der Waals surface area contributed by atoms with E-state index in [0.29, 0.717) is 28.1 Å². The van der Waals surface area contributed by atoms with Crippen LogP contribution in [-0.2, 0) is 9.59 Å². The fraction of sp³-hybridized carbons (Fsp3) is 0.188. The second-order valence-electron chi connectivity index (χ2n) is 10.0. The Labute approximate surface area is 226 Å². The van der Waals surface area contributed by atoms with Crippen LogP contribution in [0.1, 0.15) is 26.3 Å². The lowest BCUT2D eigenvalue weighted by Crippen LogP contribution is -2.46. The zero-order valence-electron chi connectivity index (χ0n) is 21.5. The molecule has 0 aromatic heterocycles. The van der Waals surface area contributed by atoms with Gasteiger partial charge >= 0.3 is 0 Å². The molecule has 3 aliphatic rings. The summed E-state index contributed by atoms with van der Waals surface area (Å²) in [6, 6.07) is 21.3. The van der Waals surface area contributed by atoms with Crippen LogP contribution in [0.4, 0.5) is 5.69 Å². The number of ketones is 2. The fourth-order valence-corrected chi connectivity index (χ4v) is 5.83. The van der Waals surface area contributed by atoms with Crippen LogP contribution in [0.25, 0.3) is 0 Å². The molecule has 0 unspecified atom stereocenters. The number of aryl methyl sites for hydroxylation is 1. The van der Waals surface area contributed by atoms with Crippen molar-refractivity contribution in [2.45, 2.75) is 19.0 Å². The Balaban J connectivity index is 1.42. The van der Waals surface area contributed by atoms with Crippen molar-refractivity contribution in [1.82, 2.24) is 4.90 Å². The average Bonchev–Trinajstić information content (AvgIpc) is 3.44. The van der Waals surface area contributed by atoms with Crippen molar-refractivity contribution >= 4 is 29.1 Å². The molecule has 0 bridgehead atoms. The zero-order chi connectivity index (χ0) is 27.3. The molecule has 7 nitrogen and oxygen atoms in total. The number of hydrogen-bond donors (Lipinski definition) is 0. The maximum absolute atomic E-state index is 13.9. The van der Waals surface area contributed by atoms with Gasteiger partial charge in [-0.25, -0.2) is 4.90 Å². The van der Waals surface area contributed by atoms with Gasteiger partial charge in [-0.05, 0) is 49.4 Å². The highest BCUT2D eigenvalue weighted by Gasteiger charge is 2.63. The molecular weight excluding hydrogens is 492 g/mol. The molecule has 2 amide bonds. The van der Waals surface area contributed by atoms with Crippen LogP contribution in [0.5, 0.6) is 5.75 Å². The highest BCUT2D eigenvalue weighted by atomic mass is 16.5. The second-order valence-corrected chi connectivity index (χ2v) is 10.0. The van der Waals surface area contributed by atoms with Crippen molar-refractivity contribution in [3.63, 3.8) is 0 Å². The van der Waals surface area contributed by atoms with E-state index in [0.717, 1.165) is 5.56 Å². The van der Waals surface area contributed by atoms with Crippen molar-refractivity contribution in [2.24, 2.45) is 11.8 Å². The summed E-state index contributed by atoms with van der Waals surface area (Å²) >= 11 is 0. The van der Waals surface area contributed by atoms with E-state index in [1.54, 1.807) is 91.0 Å². The van der Waals surface area contributed by atoms with E-state index in [-0.39, 0.29) is 17.5 Å². The number of amides is 2. The van der Waals surface area contributed by atoms with Gasteiger partial charge in [0.05, 0.1) is 30.7 Å². The van der Waals surface area contributed by atoms with Gasteiger partial charge in [0.2, 0.25) is 11.8 Å². The van der Waals surface area contributed by atoms with E-state index in [4.69, 9.17) is 4.74 Å². The summed E-state index contributed by atoms with van der Waals surface area (Å²) in [5, 5.41) is 0. The highest BCUT2D eigenvalue weighted by Crippen LogP contribution is 2.47. The Morgan fingerprint density at radius 3 is 2.13 bits per heavy atom. The molecular formula is C32H26N2O5. The normalized spacial score (nSPS) is 23.4. The first-order chi connectivity index (χ1) is 18.9. The molecule has 3 aromatic rings. The number of ether oxygens (including phenoxy) is 1. The number of rotatable bonds is 6. The lowest BCUT2D eigenvalue weighted by Gasteiger charge is -2.32. The Morgan fingerprint density at radius 2 is 1.46 bits per heavy atom. The van der Waals surface area contributed by atoms with Crippen molar-refractivity contribution in [1.29, 1.82) is 0 Å². The monoisotopic (exact) mass is 518 g/mol. The minimum Gasteiger partial charge on any atom is -0.497 e. The number of carbonyl (C=O) groups excluding carboxylic acids is 4. The van der Waals surface area contributed by atoms with Crippen molar-refractivity contribution in [3.05, 3.63) is 119 Å². The number of imide groups is 1.